The fourth-order valence-electron chi connectivity index (χ4n) is 1.67. The standard InChI is InChI=1S/C14H18ClF3N2O5S/c1-3-8(7-21)20-26(24,25)9-4-5-11(10(15)6-9)19-12(22)13(2,23)14(16,17)18/h4-6,8,20-21,23H,3,7H2,1-2H3,(H,19,22)/t8-,13-/m1/s1. The molecule has 0 bridgehead atoms. The number of aliphatic hydroxyl groups excluding tert-OH is 1. The summed E-state index contributed by atoms with van der Waals surface area (Å²) in [5.41, 5.74) is -3.97. The molecule has 0 radical (unpaired) electrons. The van der Waals surface area contributed by atoms with E-state index < -0.39 is 40.4 Å². The molecular weight excluding hydrogens is 401 g/mol. The Morgan fingerprint density at radius 3 is 2.35 bits per heavy atom. The predicted octanol–water partition coefficient (Wildman–Crippen LogP) is 1.64. The van der Waals surface area contributed by atoms with E-state index in [1.807, 2.05) is 0 Å². The number of carbonyl (C=O) groups excluding carboxylic acids is 1. The summed E-state index contributed by atoms with van der Waals surface area (Å²) in [7, 11) is -4.04. The minimum atomic E-state index is -5.21. The first kappa shape index (κ1) is 22.6. The van der Waals surface area contributed by atoms with E-state index in [2.05, 4.69) is 4.72 Å². The maximum absolute atomic E-state index is 12.6. The maximum Gasteiger partial charge on any atom is 0.426 e. The summed E-state index contributed by atoms with van der Waals surface area (Å²) in [6.07, 6.45) is -4.89. The molecule has 26 heavy (non-hydrogen) atoms. The van der Waals surface area contributed by atoms with Crippen molar-refractivity contribution in [3.8, 4) is 0 Å². The van der Waals surface area contributed by atoms with Gasteiger partial charge in [-0.3, -0.25) is 4.79 Å². The molecule has 0 heterocycles. The number of halogens is 4. The van der Waals surface area contributed by atoms with E-state index in [1.165, 1.54) is 0 Å². The largest absolute Gasteiger partial charge is 0.426 e. The van der Waals surface area contributed by atoms with E-state index >= 15 is 0 Å². The number of aliphatic hydroxyl groups is 2. The molecule has 0 aliphatic heterocycles. The number of rotatable bonds is 7. The molecule has 0 unspecified atom stereocenters. The second-order valence-corrected chi connectivity index (χ2v) is 7.70. The van der Waals surface area contributed by atoms with Crippen molar-refractivity contribution in [2.45, 2.75) is 43.0 Å². The first-order valence-electron chi connectivity index (χ1n) is 7.29. The number of hydrogen-bond donors (Lipinski definition) is 4. The summed E-state index contributed by atoms with van der Waals surface area (Å²) >= 11 is 5.83. The summed E-state index contributed by atoms with van der Waals surface area (Å²) in [4.78, 5) is 11.3. The summed E-state index contributed by atoms with van der Waals surface area (Å²) in [5, 5.41) is 19.8. The molecule has 1 amide bonds. The fourth-order valence-corrected chi connectivity index (χ4v) is 3.30. The lowest BCUT2D eigenvalue weighted by Crippen LogP contribution is -2.52. The van der Waals surface area contributed by atoms with Crippen LogP contribution >= 0.6 is 11.6 Å². The normalized spacial score (nSPS) is 16.0. The van der Waals surface area contributed by atoms with Gasteiger partial charge in [0.2, 0.25) is 15.6 Å². The van der Waals surface area contributed by atoms with Crippen molar-refractivity contribution >= 4 is 33.2 Å². The monoisotopic (exact) mass is 418 g/mol. The number of sulfonamides is 1. The van der Waals surface area contributed by atoms with Crippen LogP contribution in [0.15, 0.2) is 23.1 Å². The zero-order valence-electron chi connectivity index (χ0n) is 13.8. The summed E-state index contributed by atoms with van der Waals surface area (Å²) < 4.78 is 64.5. The number of hydrogen-bond acceptors (Lipinski definition) is 5. The molecule has 7 nitrogen and oxygen atoms in total. The van der Waals surface area contributed by atoms with Crippen LogP contribution in [-0.4, -0.2) is 49.0 Å². The van der Waals surface area contributed by atoms with Gasteiger partial charge < -0.3 is 15.5 Å². The third-order valence-electron chi connectivity index (χ3n) is 3.53. The highest BCUT2D eigenvalue weighted by Crippen LogP contribution is 2.32. The Hall–Kier alpha value is -1.40. The predicted molar refractivity (Wildman–Crippen MR) is 88.2 cm³/mol. The average molecular weight is 419 g/mol. The van der Waals surface area contributed by atoms with Crippen LogP contribution in [-0.2, 0) is 14.8 Å². The Morgan fingerprint density at radius 1 is 1.35 bits per heavy atom. The first-order valence-corrected chi connectivity index (χ1v) is 9.15. The lowest BCUT2D eigenvalue weighted by Gasteiger charge is -2.25. The Morgan fingerprint density at radius 2 is 1.92 bits per heavy atom. The molecule has 0 spiro atoms. The average Bonchev–Trinajstić information content (AvgIpc) is 2.53. The number of alkyl halides is 3. The summed E-state index contributed by atoms with van der Waals surface area (Å²) in [5.74, 6) is -1.77. The van der Waals surface area contributed by atoms with Gasteiger partial charge in [0.1, 0.15) is 0 Å². The number of carbonyl (C=O) groups is 1. The van der Waals surface area contributed by atoms with Crippen molar-refractivity contribution in [2.24, 2.45) is 0 Å². The van der Waals surface area contributed by atoms with Gasteiger partial charge in [0.05, 0.1) is 22.2 Å². The topological polar surface area (TPSA) is 116 Å². The fraction of sp³-hybridized carbons (Fsp3) is 0.500. The quantitative estimate of drug-likeness (QED) is 0.537. The van der Waals surface area contributed by atoms with Gasteiger partial charge in [-0.1, -0.05) is 18.5 Å². The van der Waals surface area contributed by atoms with Crippen LogP contribution in [0.5, 0.6) is 0 Å². The van der Waals surface area contributed by atoms with Crippen LogP contribution in [0.2, 0.25) is 5.02 Å². The smallest absolute Gasteiger partial charge is 0.395 e. The molecule has 0 fully saturated rings. The zero-order valence-corrected chi connectivity index (χ0v) is 15.3. The van der Waals surface area contributed by atoms with E-state index in [4.69, 9.17) is 16.7 Å². The van der Waals surface area contributed by atoms with Crippen LogP contribution < -0.4 is 10.0 Å². The van der Waals surface area contributed by atoms with Crippen molar-refractivity contribution < 1.29 is 36.6 Å². The summed E-state index contributed by atoms with van der Waals surface area (Å²) in [6.45, 7) is 1.50. The molecule has 12 heteroatoms. The Labute approximate surface area is 153 Å². The molecule has 0 aromatic heterocycles. The van der Waals surface area contributed by atoms with Crippen LogP contribution in [0.25, 0.3) is 0 Å². The third-order valence-corrected chi connectivity index (χ3v) is 5.36. The Bertz CT molecular complexity index is 764. The number of amides is 1. The number of nitrogens with one attached hydrogen (secondary N) is 2. The number of benzene rings is 1. The molecule has 0 saturated carbocycles. The van der Waals surface area contributed by atoms with E-state index in [0.717, 1.165) is 18.2 Å². The van der Waals surface area contributed by atoms with Gasteiger partial charge in [0.25, 0.3) is 5.91 Å². The molecule has 2 atom stereocenters. The van der Waals surface area contributed by atoms with Gasteiger partial charge in [-0.15, -0.1) is 0 Å². The highest BCUT2D eigenvalue weighted by atomic mass is 35.5. The molecular formula is C14H18ClF3N2O5S. The lowest BCUT2D eigenvalue weighted by molar-refractivity contribution is -0.242. The zero-order chi connectivity index (χ0) is 20.3. The van der Waals surface area contributed by atoms with E-state index in [-0.39, 0.29) is 22.5 Å². The van der Waals surface area contributed by atoms with Crippen molar-refractivity contribution in [2.75, 3.05) is 11.9 Å². The SMILES string of the molecule is CC[C@H](CO)NS(=O)(=O)c1ccc(NC(=O)[C@@](C)(O)C(F)(F)F)c(Cl)c1. The van der Waals surface area contributed by atoms with Gasteiger partial charge >= 0.3 is 6.18 Å². The van der Waals surface area contributed by atoms with E-state index in [9.17, 15) is 31.5 Å². The minimum absolute atomic E-state index is 0.277. The summed E-state index contributed by atoms with van der Waals surface area (Å²) in [6, 6.07) is 2.20. The molecule has 1 rings (SSSR count). The van der Waals surface area contributed by atoms with Crippen molar-refractivity contribution in [3.05, 3.63) is 23.2 Å². The van der Waals surface area contributed by atoms with Gasteiger partial charge in [0, 0.05) is 6.04 Å². The van der Waals surface area contributed by atoms with Crippen molar-refractivity contribution in [3.63, 3.8) is 0 Å². The van der Waals surface area contributed by atoms with Crippen LogP contribution in [0.3, 0.4) is 0 Å². The van der Waals surface area contributed by atoms with Crippen molar-refractivity contribution in [1.29, 1.82) is 0 Å². The van der Waals surface area contributed by atoms with Crippen LogP contribution in [0, 0.1) is 0 Å². The number of anilines is 1. The van der Waals surface area contributed by atoms with Crippen molar-refractivity contribution in [1.82, 2.24) is 4.72 Å². The first-order chi connectivity index (χ1) is 11.8. The molecule has 0 aliphatic carbocycles. The second kappa shape index (κ2) is 8.09. The third kappa shape index (κ3) is 5.07. The lowest BCUT2D eigenvalue weighted by atomic mass is 10.1. The molecule has 4 N–H and O–H groups in total. The van der Waals surface area contributed by atoms with Crippen LogP contribution in [0.1, 0.15) is 20.3 Å². The van der Waals surface area contributed by atoms with Gasteiger partial charge in [-0.2, -0.15) is 13.2 Å². The van der Waals surface area contributed by atoms with E-state index in [1.54, 1.807) is 12.2 Å². The van der Waals surface area contributed by atoms with Gasteiger partial charge in [-0.25, -0.2) is 13.1 Å². The van der Waals surface area contributed by atoms with Gasteiger partial charge in [0.15, 0.2) is 0 Å². The second-order valence-electron chi connectivity index (χ2n) is 5.57. The molecule has 1 aromatic carbocycles. The minimum Gasteiger partial charge on any atom is -0.395 e. The van der Waals surface area contributed by atoms with E-state index in [0.29, 0.717) is 6.42 Å². The molecule has 1 aromatic rings. The van der Waals surface area contributed by atoms with Crippen LogP contribution in [0.4, 0.5) is 18.9 Å². The maximum atomic E-state index is 12.6. The Balaban J connectivity index is 3.07. The van der Waals surface area contributed by atoms with Gasteiger partial charge in [-0.05, 0) is 31.5 Å². The highest BCUT2D eigenvalue weighted by Gasteiger charge is 2.55. The highest BCUT2D eigenvalue weighted by molar-refractivity contribution is 7.89. The molecule has 148 valence electrons. The molecule has 0 saturated heterocycles. The Kier molecular flexibility index (Phi) is 7.04. The molecule has 0 aliphatic rings.